The van der Waals surface area contributed by atoms with Crippen LogP contribution in [0.3, 0.4) is 0 Å². The Hall–Kier alpha value is -2.18. The number of aromatic nitrogens is 6. The van der Waals surface area contributed by atoms with Crippen LogP contribution in [0.2, 0.25) is 0 Å². The molecule has 13 heavy (non-hydrogen) atoms. The van der Waals surface area contributed by atoms with Crippen molar-refractivity contribution in [1.82, 2.24) is 25.7 Å². The van der Waals surface area contributed by atoms with Crippen molar-refractivity contribution in [1.29, 1.82) is 0 Å². The molecule has 3 aromatic rings. The Labute approximate surface area is 70.9 Å². The van der Waals surface area contributed by atoms with Crippen LogP contribution in [0.1, 0.15) is 0 Å². The highest BCUT2D eigenvalue weighted by atomic mass is 16.5. The topological polar surface area (TPSA) is 94.4 Å². The van der Waals surface area contributed by atoms with E-state index in [0.29, 0.717) is 16.6 Å². The van der Waals surface area contributed by atoms with Gasteiger partial charge < -0.3 is 5.21 Å². The molecule has 3 rings (SSSR count). The molecule has 0 aliphatic rings. The zero-order valence-corrected chi connectivity index (χ0v) is 6.39. The zero-order chi connectivity index (χ0) is 8.84. The summed E-state index contributed by atoms with van der Waals surface area (Å²) in [4.78, 5) is 0.767. The van der Waals surface area contributed by atoms with Crippen molar-refractivity contribution in [3.63, 3.8) is 0 Å². The maximum atomic E-state index is 9.22. The van der Waals surface area contributed by atoms with Crippen molar-refractivity contribution < 1.29 is 10.1 Å². The fourth-order valence-corrected chi connectivity index (χ4v) is 1.33. The predicted molar refractivity (Wildman–Crippen MR) is 40.9 cm³/mol. The summed E-state index contributed by atoms with van der Waals surface area (Å²) in [6, 6.07) is 3.50. The quantitative estimate of drug-likeness (QED) is 0.314. The van der Waals surface area contributed by atoms with Crippen molar-refractivity contribution in [2.75, 3.05) is 0 Å². The molecule has 0 amide bonds. The molecule has 1 aromatic carbocycles. The van der Waals surface area contributed by atoms with E-state index < -0.39 is 0 Å². The van der Waals surface area contributed by atoms with Crippen LogP contribution < -0.4 is 4.85 Å². The molecule has 3 N–H and O–H groups in total. The molecular weight excluding hydrogens is 172 g/mol. The van der Waals surface area contributed by atoms with Gasteiger partial charge in [0.05, 0.1) is 10.4 Å². The number of H-pyrrole nitrogens is 2. The molecule has 0 spiro atoms. The van der Waals surface area contributed by atoms with Gasteiger partial charge in [-0.1, -0.05) is 5.21 Å². The summed E-state index contributed by atoms with van der Waals surface area (Å²) in [6.45, 7) is 0. The Morgan fingerprint density at radius 1 is 1.31 bits per heavy atom. The lowest BCUT2D eigenvalue weighted by Crippen LogP contribution is -2.31. The largest absolute Gasteiger partial charge is 0.329 e. The van der Waals surface area contributed by atoms with E-state index in [1.807, 2.05) is 0 Å². The zero-order valence-electron chi connectivity index (χ0n) is 6.39. The summed E-state index contributed by atoms with van der Waals surface area (Å²) in [7, 11) is 0. The first-order chi connectivity index (χ1) is 6.36. The highest BCUT2D eigenvalue weighted by Crippen LogP contribution is 2.15. The van der Waals surface area contributed by atoms with E-state index in [9.17, 15) is 5.21 Å². The molecule has 0 bridgehead atoms. The smallest absolute Gasteiger partial charge is 0.249 e. The van der Waals surface area contributed by atoms with Crippen LogP contribution in [-0.4, -0.2) is 30.9 Å². The summed E-state index contributed by atoms with van der Waals surface area (Å²) in [5.74, 6) is 0. The Bertz CT molecular complexity index is 581. The number of hydrogen-bond donors (Lipinski definition) is 3. The Morgan fingerprint density at radius 2 is 2.23 bits per heavy atom. The van der Waals surface area contributed by atoms with E-state index >= 15 is 0 Å². The third kappa shape index (κ3) is 0.675. The standard InChI is InChI=1S/C6H4N6O/c13-12-4-2-1-3-5(8-10-7-3)6(4)9-11-12/h1-2,13H,(H,7,8,10,11)/p+1. The van der Waals surface area contributed by atoms with Gasteiger partial charge in [-0.2, -0.15) is 0 Å². The molecule has 2 heterocycles. The molecule has 7 heteroatoms. The Morgan fingerprint density at radius 3 is 3.15 bits per heavy atom. The van der Waals surface area contributed by atoms with Crippen LogP contribution in [0.5, 0.6) is 0 Å². The number of nitrogens with zero attached hydrogens (tertiary/aromatic N) is 4. The van der Waals surface area contributed by atoms with Gasteiger partial charge >= 0.3 is 0 Å². The molecule has 64 valence electrons. The predicted octanol–water partition coefficient (Wildman–Crippen LogP) is -0.641. The molecule has 0 aliphatic heterocycles. The first-order valence-corrected chi connectivity index (χ1v) is 3.66. The van der Waals surface area contributed by atoms with Gasteiger partial charge in [0.25, 0.3) is 0 Å². The molecule has 0 fully saturated rings. The van der Waals surface area contributed by atoms with Crippen molar-refractivity contribution in [3.8, 4) is 0 Å². The van der Waals surface area contributed by atoms with E-state index in [0.717, 1.165) is 10.4 Å². The minimum Gasteiger partial charge on any atom is -0.329 e. The van der Waals surface area contributed by atoms with Crippen LogP contribution in [0, 0.1) is 0 Å². The Kier molecular flexibility index (Phi) is 0.950. The molecular formula is C6H5N6O+. The number of fused-ring (bicyclic) bond motifs is 3. The second-order valence-electron chi connectivity index (χ2n) is 2.67. The third-order valence-electron chi connectivity index (χ3n) is 1.95. The van der Waals surface area contributed by atoms with Gasteiger partial charge in [-0.15, -0.1) is 10.2 Å². The van der Waals surface area contributed by atoms with Gasteiger partial charge in [0.1, 0.15) is 5.21 Å². The van der Waals surface area contributed by atoms with Crippen molar-refractivity contribution in [3.05, 3.63) is 12.1 Å². The molecule has 0 radical (unpaired) electrons. The fraction of sp³-hybridized carbons (Fsp3) is 0. The molecule has 2 aromatic heterocycles. The van der Waals surface area contributed by atoms with E-state index in [2.05, 4.69) is 25.7 Å². The Balaban J connectivity index is 2.66. The average Bonchev–Trinajstić information content (AvgIpc) is 2.70. The summed E-state index contributed by atoms with van der Waals surface area (Å²) in [5.41, 5.74) is 2.70. The number of aromatic amines is 2. The third-order valence-corrected chi connectivity index (χ3v) is 1.95. The van der Waals surface area contributed by atoms with Gasteiger partial charge in [0.15, 0.2) is 5.52 Å². The first kappa shape index (κ1) is 6.35. The van der Waals surface area contributed by atoms with Crippen LogP contribution in [0.25, 0.3) is 22.1 Å². The van der Waals surface area contributed by atoms with Crippen LogP contribution >= 0.6 is 0 Å². The number of hydrogen-bond acceptors (Lipinski definition) is 4. The summed E-state index contributed by atoms with van der Waals surface area (Å²) in [5, 5.41) is 25.7. The van der Waals surface area contributed by atoms with Gasteiger partial charge in [-0.25, -0.2) is 0 Å². The van der Waals surface area contributed by atoms with Crippen LogP contribution in [-0.2, 0) is 0 Å². The highest BCUT2D eigenvalue weighted by molar-refractivity contribution is 5.97. The number of benzene rings is 1. The minimum atomic E-state index is 0.571. The lowest BCUT2D eigenvalue weighted by Gasteiger charge is -1.82. The molecule has 0 saturated heterocycles. The molecule has 0 unspecified atom stereocenters. The molecule has 7 nitrogen and oxygen atoms in total. The second kappa shape index (κ2) is 1.94. The van der Waals surface area contributed by atoms with Crippen molar-refractivity contribution in [2.45, 2.75) is 0 Å². The molecule has 0 atom stereocenters. The maximum Gasteiger partial charge on any atom is 0.249 e. The van der Waals surface area contributed by atoms with Crippen molar-refractivity contribution >= 4 is 22.1 Å². The molecule has 0 saturated carbocycles. The lowest BCUT2D eigenvalue weighted by molar-refractivity contribution is -0.930. The van der Waals surface area contributed by atoms with Gasteiger partial charge in [-0.05, 0) is 12.1 Å². The summed E-state index contributed by atoms with van der Waals surface area (Å²) in [6.07, 6.45) is 0. The summed E-state index contributed by atoms with van der Waals surface area (Å²) < 4.78 is 0. The minimum absolute atomic E-state index is 0.571. The van der Waals surface area contributed by atoms with E-state index in [-0.39, 0.29) is 0 Å². The fourth-order valence-electron chi connectivity index (χ4n) is 1.33. The van der Waals surface area contributed by atoms with E-state index in [1.54, 1.807) is 12.1 Å². The SMILES string of the molecule is O[n+]1n[nH]c2c3nn[nH]c3ccc21. The van der Waals surface area contributed by atoms with Gasteiger partial charge in [0.2, 0.25) is 11.0 Å². The van der Waals surface area contributed by atoms with E-state index in [1.165, 1.54) is 0 Å². The first-order valence-electron chi connectivity index (χ1n) is 3.66. The number of rotatable bonds is 0. The average molecular weight is 177 g/mol. The van der Waals surface area contributed by atoms with Crippen molar-refractivity contribution in [2.24, 2.45) is 0 Å². The maximum absolute atomic E-state index is 9.22. The van der Waals surface area contributed by atoms with Gasteiger partial charge in [0, 0.05) is 0 Å². The lowest BCUT2D eigenvalue weighted by atomic mass is 10.3. The summed E-state index contributed by atoms with van der Waals surface area (Å²) >= 11 is 0. The van der Waals surface area contributed by atoms with Crippen LogP contribution in [0.15, 0.2) is 12.1 Å². The van der Waals surface area contributed by atoms with Crippen LogP contribution in [0.4, 0.5) is 0 Å². The van der Waals surface area contributed by atoms with Gasteiger partial charge in [-0.3, -0.25) is 5.10 Å². The van der Waals surface area contributed by atoms with E-state index in [4.69, 9.17) is 0 Å². The monoisotopic (exact) mass is 177 g/mol. The highest BCUT2D eigenvalue weighted by Gasteiger charge is 2.15. The molecule has 0 aliphatic carbocycles. The number of nitrogens with one attached hydrogen (secondary N) is 2. The normalized spacial score (nSPS) is 11.4. The second-order valence-corrected chi connectivity index (χ2v) is 2.67.